The molecule has 0 bridgehead atoms. The fraction of sp³-hybridized carbons (Fsp3) is 0.346. The summed E-state index contributed by atoms with van der Waals surface area (Å²) in [7, 11) is 0. The van der Waals surface area contributed by atoms with E-state index < -0.39 is 17.2 Å². The normalized spacial score (nSPS) is 15.7. The molecule has 0 unspecified atom stereocenters. The monoisotopic (exact) mass is 477 g/mol. The van der Waals surface area contributed by atoms with Crippen molar-refractivity contribution in [1.29, 1.82) is 0 Å². The predicted molar refractivity (Wildman–Crippen MR) is 130 cm³/mol. The van der Waals surface area contributed by atoms with Crippen LogP contribution >= 0.6 is 11.8 Å². The summed E-state index contributed by atoms with van der Waals surface area (Å²) in [5.74, 6) is -0.663. The van der Waals surface area contributed by atoms with Crippen LogP contribution in [0.4, 0.5) is 0 Å². The molecule has 2 N–H and O–H groups in total. The van der Waals surface area contributed by atoms with E-state index in [1.807, 2.05) is 55.5 Å². The number of hydrogen-bond donors (Lipinski definition) is 2. The molecule has 3 aromatic rings. The molecule has 5 rings (SSSR count). The van der Waals surface area contributed by atoms with E-state index in [9.17, 15) is 19.6 Å². The third-order valence-electron chi connectivity index (χ3n) is 6.89. The van der Waals surface area contributed by atoms with Crippen LogP contribution in [-0.2, 0) is 17.8 Å². The first kappa shape index (κ1) is 22.5. The van der Waals surface area contributed by atoms with Gasteiger partial charge in [-0.25, -0.2) is 4.79 Å². The van der Waals surface area contributed by atoms with Crippen LogP contribution in [0.2, 0.25) is 0 Å². The molecular formula is C26H27N3O4S. The van der Waals surface area contributed by atoms with Gasteiger partial charge in [0.1, 0.15) is 0 Å². The van der Waals surface area contributed by atoms with Gasteiger partial charge < -0.3 is 10.5 Å². The van der Waals surface area contributed by atoms with Crippen LogP contribution in [0.25, 0.3) is 0 Å². The summed E-state index contributed by atoms with van der Waals surface area (Å²) >= 11 is 1.65. The standard InChI is InChI=1S/C26H27N3O4S/c1-2-17-20(28(16-9-3-4-10-16)26(32)29(33)25(17)31)15-27-24(30)23-18-11-5-7-13-21(18)34-22-14-8-6-12-19(22)23/h5-8,11-14,16,23,33H,2-4,9-10,15H2,1H3,(H,27,30). The van der Waals surface area contributed by atoms with Crippen LogP contribution in [0.1, 0.15) is 67.0 Å². The number of rotatable bonds is 5. The van der Waals surface area contributed by atoms with Crippen LogP contribution in [0.15, 0.2) is 67.9 Å². The molecule has 176 valence electrons. The Bertz CT molecular complexity index is 1330. The Morgan fingerprint density at radius 3 is 2.21 bits per heavy atom. The van der Waals surface area contributed by atoms with Crippen molar-refractivity contribution in [1.82, 2.24) is 14.6 Å². The van der Waals surface area contributed by atoms with E-state index in [0.717, 1.165) is 46.6 Å². The van der Waals surface area contributed by atoms with Crippen molar-refractivity contribution in [3.8, 4) is 0 Å². The number of carbonyl (C=O) groups is 1. The van der Waals surface area contributed by atoms with Gasteiger partial charge >= 0.3 is 5.69 Å². The van der Waals surface area contributed by atoms with E-state index in [0.29, 0.717) is 17.7 Å². The van der Waals surface area contributed by atoms with Gasteiger partial charge in [0.25, 0.3) is 5.56 Å². The Morgan fingerprint density at radius 1 is 1.03 bits per heavy atom. The lowest BCUT2D eigenvalue weighted by Crippen LogP contribution is -2.45. The van der Waals surface area contributed by atoms with Crippen molar-refractivity contribution in [3.05, 3.63) is 91.8 Å². The molecule has 1 saturated carbocycles. The highest BCUT2D eigenvalue weighted by Crippen LogP contribution is 2.45. The summed E-state index contributed by atoms with van der Waals surface area (Å²) in [5, 5.41) is 13.2. The molecule has 1 aliphatic heterocycles. The fourth-order valence-corrected chi connectivity index (χ4v) is 6.39. The molecule has 0 saturated heterocycles. The molecule has 0 atom stereocenters. The second-order valence-electron chi connectivity index (χ2n) is 8.82. The fourth-order valence-electron chi connectivity index (χ4n) is 5.25. The van der Waals surface area contributed by atoms with Gasteiger partial charge in [0.2, 0.25) is 5.91 Å². The second kappa shape index (κ2) is 9.18. The van der Waals surface area contributed by atoms with Gasteiger partial charge in [-0.05, 0) is 42.5 Å². The third kappa shape index (κ3) is 3.76. The summed E-state index contributed by atoms with van der Waals surface area (Å²) < 4.78 is 1.75. The van der Waals surface area contributed by atoms with E-state index in [-0.39, 0.29) is 23.2 Å². The quantitative estimate of drug-likeness (QED) is 0.545. The van der Waals surface area contributed by atoms with Gasteiger partial charge in [-0.3, -0.25) is 14.2 Å². The summed E-state index contributed by atoms with van der Waals surface area (Å²) in [4.78, 5) is 41.3. The zero-order valence-electron chi connectivity index (χ0n) is 19.0. The number of carbonyl (C=O) groups excluding carboxylic acids is 1. The largest absolute Gasteiger partial charge is 0.421 e. The summed E-state index contributed by atoms with van der Waals surface area (Å²) in [6, 6.07) is 15.7. The van der Waals surface area contributed by atoms with Gasteiger partial charge in [-0.2, -0.15) is 0 Å². The molecular weight excluding hydrogens is 450 g/mol. The van der Waals surface area contributed by atoms with Gasteiger partial charge in [0.05, 0.1) is 18.2 Å². The highest BCUT2D eigenvalue weighted by molar-refractivity contribution is 7.99. The number of hydrogen-bond acceptors (Lipinski definition) is 5. The zero-order valence-corrected chi connectivity index (χ0v) is 19.8. The van der Waals surface area contributed by atoms with Crippen molar-refractivity contribution < 1.29 is 10.0 Å². The molecule has 2 aliphatic rings. The van der Waals surface area contributed by atoms with E-state index >= 15 is 0 Å². The Morgan fingerprint density at radius 2 is 1.62 bits per heavy atom. The van der Waals surface area contributed by atoms with E-state index in [2.05, 4.69) is 5.32 Å². The Kier molecular flexibility index (Phi) is 6.08. The molecule has 0 spiro atoms. The lowest BCUT2D eigenvalue weighted by atomic mass is 9.89. The number of nitrogens with zero attached hydrogens (tertiary/aromatic N) is 2. The van der Waals surface area contributed by atoms with Gasteiger partial charge in [-0.1, -0.05) is 72.7 Å². The third-order valence-corrected chi connectivity index (χ3v) is 8.08. The van der Waals surface area contributed by atoms with Crippen molar-refractivity contribution >= 4 is 17.7 Å². The van der Waals surface area contributed by atoms with E-state index in [4.69, 9.17) is 0 Å². The van der Waals surface area contributed by atoms with E-state index in [1.165, 1.54) is 4.57 Å². The van der Waals surface area contributed by atoms with E-state index in [1.54, 1.807) is 11.8 Å². The van der Waals surface area contributed by atoms with Crippen molar-refractivity contribution in [3.63, 3.8) is 0 Å². The maximum atomic E-state index is 13.6. The maximum absolute atomic E-state index is 13.6. The Labute approximate surface area is 201 Å². The van der Waals surface area contributed by atoms with Gasteiger partial charge in [-0.15, -0.1) is 0 Å². The number of aromatic nitrogens is 2. The average Bonchev–Trinajstić information content (AvgIpc) is 3.39. The maximum Gasteiger partial charge on any atom is 0.364 e. The number of amides is 1. The lowest BCUT2D eigenvalue weighted by Gasteiger charge is -2.27. The summed E-state index contributed by atoms with van der Waals surface area (Å²) in [5.41, 5.74) is 1.29. The second-order valence-corrected chi connectivity index (χ2v) is 9.90. The van der Waals surface area contributed by atoms with Crippen molar-refractivity contribution in [2.45, 2.75) is 67.3 Å². The number of benzene rings is 2. The van der Waals surface area contributed by atoms with Crippen LogP contribution in [0.3, 0.4) is 0 Å². The SMILES string of the molecule is CCc1c(CNC(=O)C2c3ccccc3Sc3ccccc32)n(C2CCCC2)c(=O)n(O)c1=O. The molecule has 1 fully saturated rings. The zero-order chi connectivity index (χ0) is 23.8. The summed E-state index contributed by atoms with van der Waals surface area (Å²) in [6.07, 6.45) is 3.94. The minimum atomic E-state index is -0.733. The van der Waals surface area contributed by atoms with Gasteiger partial charge in [0, 0.05) is 21.4 Å². The predicted octanol–water partition coefficient (Wildman–Crippen LogP) is 3.84. The molecule has 1 amide bonds. The summed E-state index contributed by atoms with van der Waals surface area (Å²) in [6.45, 7) is 1.87. The molecule has 2 heterocycles. The molecule has 34 heavy (non-hydrogen) atoms. The first-order valence-electron chi connectivity index (χ1n) is 11.7. The molecule has 2 aromatic carbocycles. The highest BCUT2D eigenvalue weighted by Gasteiger charge is 2.32. The minimum absolute atomic E-state index is 0.0534. The molecule has 8 heteroatoms. The number of nitrogens with one attached hydrogen (secondary N) is 1. The first-order chi connectivity index (χ1) is 16.5. The molecule has 1 aliphatic carbocycles. The topological polar surface area (TPSA) is 93.3 Å². The molecule has 7 nitrogen and oxygen atoms in total. The van der Waals surface area contributed by atoms with Gasteiger partial charge in [0.15, 0.2) is 0 Å². The highest BCUT2D eigenvalue weighted by atomic mass is 32.2. The van der Waals surface area contributed by atoms with Crippen LogP contribution < -0.4 is 16.6 Å². The smallest absolute Gasteiger partial charge is 0.364 e. The molecule has 1 aromatic heterocycles. The van der Waals surface area contributed by atoms with Crippen LogP contribution in [-0.4, -0.2) is 20.4 Å². The minimum Gasteiger partial charge on any atom is -0.421 e. The Hall–Kier alpha value is -3.26. The Balaban J connectivity index is 1.53. The van der Waals surface area contributed by atoms with Crippen LogP contribution in [0, 0.1) is 0 Å². The first-order valence-corrected chi connectivity index (χ1v) is 12.5. The van der Waals surface area contributed by atoms with Crippen molar-refractivity contribution in [2.75, 3.05) is 0 Å². The average molecular weight is 478 g/mol. The van der Waals surface area contributed by atoms with Crippen LogP contribution in [0.5, 0.6) is 0 Å². The number of fused-ring (bicyclic) bond motifs is 2. The lowest BCUT2D eigenvalue weighted by molar-refractivity contribution is -0.122. The van der Waals surface area contributed by atoms with Crippen molar-refractivity contribution in [2.24, 2.45) is 0 Å². The molecule has 0 radical (unpaired) electrons.